The fraction of sp³-hybridized carbons (Fsp3) is 0.917. The first kappa shape index (κ1) is 16.7. The van der Waals surface area contributed by atoms with Gasteiger partial charge in [-0.05, 0) is 12.3 Å². The number of ether oxygens (including phenoxy) is 1. The highest BCUT2D eigenvalue weighted by molar-refractivity contribution is 5.85. The Balaban J connectivity index is 0.00000256. The molecule has 17 heavy (non-hydrogen) atoms. The molecule has 0 aromatic carbocycles. The monoisotopic (exact) mass is 264 g/mol. The third-order valence-electron chi connectivity index (χ3n) is 3.45. The van der Waals surface area contributed by atoms with Crippen molar-refractivity contribution in [3.8, 4) is 0 Å². The maximum Gasteiger partial charge on any atom is 0.239 e. The first-order chi connectivity index (χ1) is 7.60. The molecule has 2 N–H and O–H groups in total. The fourth-order valence-corrected chi connectivity index (χ4v) is 1.87. The summed E-state index contributed by atoms with van der Waals surface area (Å²) < 4.78 is 5.54. The number of rotatable bonds is 4. The number of morpholine rings is 1. The number of nitrogens with two attached hydrogens (primary N) is 1. The van der Waals surface area contributed by atoms with Crippen molar-refractivity contribution in [2.24, 2.45) is 11.7 Å². The topological polar surface area (TPSA) is 55.6 Å². The Morgan fingerprint density at radius 3 is 2.71 bits per heavy atom. The Hall–Kier alpha value is -0.320. The summed E-state index contributed by atoms with van der Waals surface area (Å²) in [5.74, 6) is 0.325. The molecular weight excluding hydrogens is 240 g/mol. The second kappa shape index (κ2) is 7.90. The van der Waals surface area contributed by atoms with Crippen LogP contribution in [-0.4, -0.2) is 42.6 Å². The highest BCUT2D eigenvalue weighted by Crippen LogP contribution is 2.13. The van der Waals surface area contributed by atoms with E-state index < -0.39 is 0 Å². The van der Waals surface area contributed by atoms with Gasteiger partial charge < -0.3 is 15.4 Å². The highest BCUT2D eigenvalue weighted by atomic mass is 35.5. The van der Waals surface area contributed by atoms with Crippen LogP contribution in [0.1, 0.15) is 33.6 Å². The van der Waals surface area contributed by atoms with Crippen LogP contribution in [0.15, 0.2) is 0 Å². The molecule has 0 aromatic heterocycles. The van der Waals surface area contributed by atoms with Crippen molar-refractivity contribution < 1.29 is 9.53 Å². The molecule has 0 spiro atoms. The largest absolute Gasteiger partial charge is 0.375 e. The van der Waals surface area contributed by atoms with Crippen molar-refractivity contribution in [2.75, 3.05) is 19.7 Å². The molecule has 0 radical (unpaired) electrons. The molecule has 0 aliphatic carbocycles. The molecule has 0 saturated carbocycles. The van der Waals surface area contributed by atoms with E-state index in [1.165, 1.54) is 0 Å². The lowest BCUT2D eigenvalue weighted by Crippen LogP contribution is -2.53. The van der Waals surface area contributed by atoms with Crippen molar-refractivity contribution in [1.29, 1.82) is 0 Å². The molecular formula is C12H25ClN2O2. The van der Waals surface area contributed by atoms with Crippen LogP contribution in [0.2, 0.25) is 0 Å². The molecule has 1 amide bonds. The Bertz CT molecular complexity index is 239. The molecule has 1 fully saturated rings. The molecule has 102 valence electrons. The van der Waals surface area contributed by atoms with E-state index in [1.807, 2.05) is 11.8 Å². The summed E-state index contributed by atoms with van der Waals surface area (Å²) in [4.78, 5) is 14.0. The molecule has 1 heterocycles. The Morgan fingerprint density at radius 1 is 1.53 bits per heavy atom. The minimum atomic E-state index is -0.361. The molecule has 1 saturated heterocycles. The quantitative estimate of drug-likeness (QED) is 0.836. The second-order valence-corrected chi connectivity index (χ2v) is 4.60. The number of carbonyl (C=O) groups excluding carboxylic acids is 1. The highest BCUT2D eigenvalue weighted by Gasteiger charge is 2.28. The van der Waals surface area contributed by atoms with Crippen LogP contribution in [-0.2, 0) is 9.53 Å². The van der Waals surface area contributed by atoms with Gasteiger partial charge in [-0.25, -0.2) is 0 Å². The van der Waals surface area contributed by atoms with E-state index in [1.54, 1.807) is 0 Å². The van der Waals surface area contributed by atoms with Gasteiger partial charge in [0.05, 0.1) is 18.8 Å². The van der Waals surface area contributed by atoms with Gasteiger partial charge in [-0.1, -0.05) is 27.2 Å². The number of hydrogen-bond acceptors (Lipinski definition) is 3. The molecule has 1 aliphatic heterocycles. The number of amides is 1. The molecule has 1 aliphatic rings. The summed E-state index contributed by atoms with van der Waals surface area (Å²) in [6.45, 7) is 8.18. The predicted molar refractivity (Wildman–Crippen MR) is 71.3 cm³/mol. The minimum Gasteiger partial charge on any atom is -0.375 e. The number of hydrogen-bond donors (Lipinski definition) is 1. The smallest absolute Gasteiger partial charge is 0.239 e. The van der Waals surface area contributed by atoms with Crippen LogP contribution in [0.4, 0.5) is 0 Å². The zero-order chi connectivity index (χ0) is 12.1. The van der Waals surface area contributed by atoms with Gasteiger partial charge in [0.1, 0.15) is 0 Å². The molecule has 3 unspecified atom stereocenters. The summed E-state index contributed by atoms with van der Waals surface area (Å²) in [5, 5.41) is 0. The zero-order valence-corrected chi connectivity index (χ0v) is 11.8. The minimum absolute atomic E-state index is 0. The van der Waals surface area contributed by atoms with E-state index in [9.17, 15) is 4.79 Å². The molecule has 5 heteroatoms. The summed E-state index contributed by atoms with van der Waals surface area (Å²) in [6.07, 6.45) is 2.07. The average molecular weight is 265 g/mol. The zero-order valence-electron chi connectivity index (χ0n) is 11.0. The van der Waals surface area contributed by atoms with E-state index in [0.29, 0.717) is 19.7 Å². The van der Waals surface area contributed by atoms with Crippen LogP contribution in [0.25, 0.3) is 0 Å². The lowest BCUT2D eigenvalue weighted by Gasteiger charge is -2.35. The van der Waals surface area contributed by atoms with Crippen LogP contribution in [0, 0.1) is 5.92 Å². The van der Waals surface area contributed by atoms with Crippen molar-refractivity contribution in [1.82, 2.24) is 4.90 Å². The third-order valence-corrected chi connectivity index (χ3v) is 3.45. The van der Waals surface area contributed by atoms with Crippen LogP contribution < -0.4 is 5.73 Å². The number of halogens is 1. The Morgan fingerprint density at radius 2 is 2.18 bits per heavy atom. The molecule has 4 nitrogen and oxygen atoms in total. The summed E-state index contributed by atoms with van der Waals surface area (Å²) in [6, 6.07) is -0.361. The molecule has 3 atom stereocenters. The predicted octanol–water partition coefficient (Wildman–Crippen LogP) is 1.42. The van der Waals surface area contributed by atoms with E-state index in [4.69, 9.17) is 10.5 Å². The van der Waals surface area contributed by atoms with Gasteiger partial charge in [0, 0.05) is 13.1 Å². The maximum absolute atomic E-state index is 12.1. The first-order valence-corrected chi connectivity index (χ1v) is 6.26. The summed E-state index contributed by atoms with van der Waals surface area (Å²) in [7, 11) is 0. The maximum atomic E-state index is 12.1. The lowest BCUT2D eigenvalue weighted by atomic mass is 9.98. The standard InChI is InChI=1S/C12H24N2O2.ClH/c1-4-9(3)11(13)12(15)14-6-7-16-10(5-2)8-14;/h9-11H,4-8,13H2,1-3H3;1H. The van der Waals surface area contributed by atoms with E-state index in [-0.39, 0.29) is 36.4 Å². The molecule has 0 aromatic rings. The van der Waals surface area contributed by atoms with Crippen molar-refractivity contribution in [2.45, 2.75) is 45.8 Å². The lowest BCUT2D eigenvalue weighted by molar-refractivity contribution is -0.141. The normalized spacial score (nSPS) is 23.8. The van der Waals surface area contributed by atoms with Crippen molar-refractivity contribution in [3.05, 3.63) is 0 Å². The van der Waals surface area contributed by atoms with E-state index >= 15 is 0 Å². The van der Waals surface area contributed by atoms with Gasteiger partial charge >= 0.3 is 0 Å². The Kier molecular flexibility index (Phi) is 7.75. The average Bonchev–Trinajstić information content (AvgIpc) is 2.36. The van der Waals surface area contributed by atoms with Gasteiger partial charge in [-0.15, -0.1) is 12.4 Å². The summed E-state index contributed by atoms with van der Waals surface area (Å²) in [5.41, 5.74) is 5.96. The van der Waals surface area contributed by atoms with E-state index in [2.05, 4.69) is 13.8 Å². The van der Waals surface area contributed by atoms with Crippen molar-refractivity contribution in [3.63, 3.8) is 0 Å². The van der Waals surface area contributed by atoms with Gasteiger partial charge in [0.25, 0.3) is 0 Å². The third kappa shape index (κ3) is 4.45. The van der Waals surface area contributed by atoms with Crippen LogP contribution in [0.3, 0.4) is 0 Å². The first-order valence-electron chi connectivity index (χ1n) is 6.26. The van der Waals surface area contributed by atoms with Gasteiger partial charge in [-0.2, -0.15) is 0 Å². The van der Waals surface area contributed by atoms with Gasteiger partial charge in [0.2, 0.25) is 5.91 Å². The fourth-order valence-electron chi connectivity index (χ4n) is 1.87. The second-order valence-electron chi connectivity index (χ2n) is 4.60. The van der Waals surface area contributed by atoms with Crippen molar-refractivity contribution >= 4 is 18.3 Å². The van der Waals surface area contributed by atoms with Gasteiger partial charge in [0.15, 0.2) is 0 Å². The number of nitrogens with zero attached hydrogens (tertiary/aromatic N) is 1. The Labute approximate surface area is 110 Å². The van der Waals surface area contributed by atoms with Crippen LogP contribution in [0.5, 0.6) is 0 Å². The number of carbonyl (C=O) groups is 1. The molecule has 1 rings (SSSR count). The summed E-state index contributed by atoms with van der Waals surface area (Å²) >= 11 is 0. The SMILES string of the molecule is CCC1CN(C(=O)C(N)C(C)CC)CCO1.Cl. The van der Waals surface area contributed by atoms with Gasteiger partial charge in [-0.3, -0.25) is 4.79 Å². The van der Waals surface area contributed by atoms with Crippen LogP contribution >= 0.6 is 12.4 Å². The molecule has 0 bridgehead atoms. The van der Waals surface area contributed by atoms with E-state index in [0.717, 1.165) is 12.8 Å².